The molecule has 8 heteroatoms. The van der Waals surface area contributed by atoms with Crippen LogP contribution in [0.2, 0.25) is 0 Å². The first-order valence-corrected chi connectivity index (χ1v) is 11.2. The van der Waals surface area contributed by atoms with Gasteiger partial charge in [-0.1, -0.05) is 0 Å². The Labute approximate surface area is 160 Å². The van der Waals surface area contributed by atoms with Crippen LogP contribution >= 0.6 is 33.9 Å². The van der Waals surface area contributed by atoms with Gasteiger partial charge in [-0.3, -0.25) is 4.90 Å². The Morgan fingerprint density at radius 2 is 2.21 bits per heavy atom. The monoisotopic (exact) mass is 480 g/mol. The molecule has 1 aliphatic heterocycles. The number of aryl methyl sites for hydroxylation is 1. The van der Waals surface area contributed by atoms with Crippen molar-refractivity contribution < 1.29 is 13.5 Å². The number of aliphatic hydroxyl groups excluding tert-OH is 1. The third-order valence-electron chi connectivity index (χ3n) is 4.63. The molecule has 1 aliphatic rings. The molecule has 132 valence electrons. The van der Waals surface area contributed by atoms with Gasteiger partial charge in [0.1, 0.15) is 4.21 Å². The van der Waals surface area contributed by atoms with Crippen molar-refractivity contribution >= 4 is 54.0 Å². The van der Waals surface area contributed by atoms with Crippen LogP contribution in [0.15, 0.2) is 22.4 Å². The molecular formula is C16H21IN2O3S2. The van der Waals surface area contributed by atoms with Crippen LogP contribution < -0.4 is 0 Å². The zero-order valence-electron chi connectivity index (χ0n) is 13.7. The predicted molar refractivity (Wildman–Crippen MR) is 106 cm³/mol. The van der Waals surface area contributed by atoms with Gasteiger partial charge in [0.05, 0.1) is 6.61 Å². The van der Waals surface area contributed by atoms with Crippen LogP contribution in [0.3, 0.4) is 0 Å². The van der Waals surface area contributed by atoms with Crippen molar-refractivity contribution in [1.82, 2.24) is 9.21 Å². The van der Waals surface area contributed by atoms with Crippen LogP contribution in [-0.2, 0) is 10.0 Å². The highest BCUT2D eigenvalue weighted by molar-refractivity contribution is 14.1. The number of sulfonamides is 1. The molecule has 0 amide bonds. The molecule has 1 fully saturated rings. The summed E-state index contributed by atoms with van der Waals surface area (Å²) in [7, 11) is -1.53. The van der Waals surface area contributed by atoms with E-state index in [2.05, 4.69) is 22.6 Å². The summed E-state index contributed by atoms with van der Waals surface area (Å²) in [5.41, 5.74) is 0.848. The van der Waals surface area contributed by atoms with E-state index in [4.69, 9.17) is 5.11 Å². The molecule has 24 heavy (non-hydrogen) atoms. The zero-order valence-corrected chi connectivity index (χ0v) is 17.5. The molecule has 0 spiro atoms. The van der Waals surface area contributed by atoms with Crippen molar-refractivity contribution in [2.45, 2.75) is 23.6 Å². The third kappa shape index (κ3) is 3.36. The van der Waals surface area contributed by atoms with E-state index in [-0.39, 0.29) is 12.6 Å². The molecule has 0 radical (unpaired) electrons. The Bertz CT molecular complexity index is 850. The lowest BCUT2D eigenvalue weighted by molar-refractivity contribution is 0.184. The van der Waals surface area contributed by atoms with E-state index in [1.165, 1.54) is 11.3 Å². The van der Waals surface area contributed by atoms with E-state index in [0.717, 1.165) is 25.6 Å². The number of benzene rings is 1. The highest BCUT2D eigenvalue weighted by atomic mass is 127. The first-order valence-electron chi connectivity index (χ1n) is 7.84. The first kappa shape index (κ1) is 18.5. The molecule has 1 aromatic heterocycles. The number of nitrogens with zero attached hydrogens (tertiary/aromatic N) is 2. The van der Waals surface area contributed by atoms with Crippen LogP contribution in [0.1, 0.15) is 12.0 Å². The summed E-state index contributed by atoms with van der Waals surface area (Å²) in [6.45, 7) is 3.58. The first-order chi connectivity index (χ1) is 11.3. The summed E-state index contributed by atoms with van der Waals surface area (Å²) in [6, 6.07) is 6.21. The van der Waals surface area contributed by atoms with E-state index in [1.54, 1.807) is 4.31 Å². The summed E-state index contributed by atoms with van der Waals surface area (Å²) >= 11 is 3.61. The fourth-order valence-electron chi connectivity index (χ4n) is 3.16. The number of likely N-dealkylation sites (N-methyl/N-ethyl adjacent to an activating group) is 1. The quantitative estimate of drug-likeness (QED) is 0.669. The summed E-state index contributed by atoms with van der Waals surface area (Å²) in [5.74, 6) is 0. The van der Waals surface area contributed by atoms with Gasteiger partial charge in [-0.25, -0.2) is 8.42 Å². The highest BCUT2D eigenvalue weighted by Crippen LogP contribution is 2.37. The maximum atomic E-state index is 13.1. The molecular weight excluding hydrogens is 459 g/mol. The normalized spacial score (nSPS) is 19.6. The Hall–Kier alpha value is -0.260. The smallest absolute Gasteiger partial charge is 0.252 e. The number of hydrogen-bond donors (Lipinski definition) is 1. The number of rotatable bonds is 5. The van der Waals surface area contributed by atoms with E-state index in [9.17, 15) is 8.42 Å². The Balaban J connectivity index is 1.90. The number of fused-ring (bicyclic) bond motifs is 1. The number of hydrogen-bond acceptors (Lipinski definition) is 5. The molecule has 0 bridgehead atoms. The molecule has 1 atom stereocenters. The standard InChI is InChI=1S/C16H21IN2O3S2/c1-11-14-9-12(17)3-4-15(14)23-16(11)24(21,22)19-6-5-13(10-19)18(2)7-8-20/h3-4,9,13,20H,5-8,10H2,1-2H3/t13-/m1/s1. The van der Waals surface area contributed by atoms with E-state index in [0.29, 0.717) is 23.8 Å². The summed E-state index contributed by atoms with van der Waals surface area (Å²) in [6.07, 6.45) is 0.803. The van der Waals surface area contributed by atoms with Gasteiger partial charge in [0, 0.05) is 33.9 Å². The van der Waals surface area contributed by atoms with Gasteiger partial charge in [0.25, 0.3) is 10.0 Å². The minimum Gasteiger partial charge on any atom is -0.395 e. The molecule has 2 aromatic rings. The maximum Gasteiger partial charge on any atom is 0.252 e. The average molecular weight is 480 g/mol. The van der Waals surface area contributed by atoms with Crippen molar-refractivity contribution in [1.29, 1.82) is 0 Å². The summed E-state index contributed by atoms with van der Waals surface area (Å²) in [4.78, 5) is 2.04. The Morgan fingerprint density at radius 1 is 1.46 bits per heavy atom. The van der Waals surface area contributed by atoms with Crippen LogP contribution in [0.25, 0.3) is 10.1 Å². The van der Waals surface area contributed by atoms with Gasteiger partial charge in [0.2, 0.25) is 0 Å². The second-order valence-electron chi connectivity index (χ2n) is 6.16. The number of aliphatic hydroxyl groups is 1. The third-order valence-corrected chi connectivity index (χ3v) is 9.04. The van der Waals surface area contributed by atoms with Crippen molar-refractivity contribution in [3.8, 4) is 0 Å². The molecule has 1 saturated heterocycles. The minimum absolute atomic E-state index is 0.0911. The van der Waals surface area contributed by atoms with Gasteiger partial charge >= 0.3 is 0 Å². The van der Waals surface area contributed by atoms with Crippen molar-refractivity contribution in [3.05, 3.63) is 27.3 Å². The molecule has 1 aromatic carbocycles. The van der Waals surface area contributed by atoms with E-state index >= 15 is 0 Å². The molecule has 3 rings (SSSR count). The lowest BCUT2D eigenvalue weighted by Gasteiger charge is -2.23. The van der Waals surface area contributed by atoms with Gasteiger partial charge in [-0.2, -0.15) is 4.31 Å². The molecule has 0 unspecified atom stereocenters. The Morgan fingerprint density at radius 3 is 2.92 bits per heavy atom. The zero-order chi connectivity index (χ0) is 17.5. The van der Waals surface area contributed by atoms with Gasteiger partial charge < -0.3 is 5.11 Å². The van der Waals surface area contributed by atoms with Crippen LogP contribution in [0.4, 0.5) is 0 Å². The Kier molecular flexibility index (Phi) is 5.53. The average Bonchev–Trinajstić information content (AvgIpc) is 3.14. The lowest BCUT2D eigenvalue weighted by Crippen LogP contribution is -2.37. The van der Waals surface area contributed by atoms with Crippen molar-refractivity contribution in [2.75, 3.05) is 33.3 Å². The molecule has 1 N–H and O–H groups in total. The fourth-order valence-corrected chi connectivity index (χ4v) is 7.03. The summed E-state index contributed by atoms with van der Waals surface area (Å²) < 4.78 is 30.4. The maximum absolute atomic E-state index is 13.1. The van der Waals surface area contributed by atoms with E-state index in [1.807, 2.05) is 37.1 Å². The molecule has 5 nitrogen and oxygen atoms in total. The van der Waals surface area contributed by atoms with Crippen molar-refractivity contribution in [3.63, 3.8) is 0 Å². The van der Waals surface area contributed by atoms with Gasteiger partial charge in [-0.15, -0.1) is 11.3 Å². The highest BCUT2D eigenvalue weighted by Gasteiger charge is 2.36. The molecule has 0 saturated carbocycles. The number of thiophene rings is 1. The van der Waals surface area contributed by atoms with Gasteiger partial charge in [-0.05, 0) is 72.1 Å². The second-order valence-corrected chi connectivity index (χ2v) is 10.6. The molecule has 0 aliphatic carbocycles. The predicted octanol–water partition coefficient (Wildman–Crippen LogP) is 2.50. The number of halogens is 1. The van der Waals surface area contributed by atoms with Crippen molar-refractivity contribution in [2.24, 2.45) is 0 Å². The second kappa shape index (κ2) is 7.16. The topological polar surface area (TPSA) is 60.9 Å². The molecule has 2 heterocycles. The fraction of sp³-hybridized carbons (Fsp3) is 0.500. The van der Waals surface area contributed by atoms with Gasteiger partial charge in [0.15, 0.2) is 0 Å². The van der Waals surface area contributed by atoms with Crippen LogP contribution in [0.5, 0.6) is 0 Å². The van der Waals surface area contributed by atoms with Crippen LogP contribution in [-0.4, -0.2) is 62.1 Å². The summed E-state index contributed by atoms with van der Waals surface area (Å²) in [5, 5.41) is 10.1. The SMILES string of the molecule is Cc1c(S(=O)(=O)N2CC[C@@H](N(C)CCO)C2)sc2ccc(I)cc12. The lowest BCUT2D eigenvalue weighted by atomic mass is 10.2. The minimum atomic E-state index is -3.47. The van der Waals surface area contributed by atoms with Crippen LogP contribution in [0, 0.1) is 10.5 Å². The van der Waals surface area contributed by atoms with E-state index < -0.39 is 10.0 Å². The largest absolute Gasteiger partial charge is 0.395 e.